The molecule has 0 saturated carbocycles. The van der Waals surface area contributed by atoms with Crippen LogP contribution in [0.4, 0.5) is 13.8 Å². The van der Waals surface area contributed by atoms with Crippen LogP contribution in [0.25, 0.3) is 11.1 Å². The maximum absolute atomic E-state index is 13.9. The Morgan fingerprint density at radius 2 is 2.00 bits per heavy atom. The summed E-state index contributed by atoms with van der Waals surface area (Å²) in [6, 6.07) is 2.33. The Morgan fingerprint density at radius 1 is 1.30 bits per heavy atom. The molecule has 0 aliphatic carbocycles. The standard InChI is InChI=1S/C12H6BF2NO3S/c13-7-2-1-5(9(14)10(7)15)6-3-20-11(16-4-17)8(6)12(18)19/h1-4H,(H,16,17)(H,18,19). The van der Waals surface area contributed by atoms with Crippen LogP contribution < -0.4 is 10.8 Å². The lowest BCUT2D eigenvalue weighted by molar-refractivity contribution is -0.105. The second-order valence-electron chi connectivity index (χ2n) is 3.75. The van der Waals surface area contributed by atoms with Gasteiger partial charge in [0.2, 0.25) is 6.41 Å². The predicted octanol–water partition coefficient (Wildman–Crippen LogP) is 1.75. The van der Waals surface area contributed by atoms with Crippen LogP contribution in [-0.2, 0) is 4.79 Å². The number of carbonyl (C=O) groups excluding carboxylic acids is 1. The second-order valence-corrected chi connectivity index (χ2v) is 4.63. The molecule has 0 fully saturated rings. The zero-order chi connectivity index (χ0) is 14.9. The summed E-state index contributed by atoms with van der Waals surface area (Å²) in [4.78, 5) is 21.6. The minimum absolute atomic E-state index is 0.0248. The summed E-state index contributed by atoms with van der Waals surface area (Å²) in [5.41, 5.74) is -0.928. The van der Waals surface area contributed by atoms with Gasteiger partial charge in [0.15, 0.2) is 11.6 Å². The number of halogens is 2. The summed E-state index contributed by atoms with van der Waals surface area (Å²) >= 11 is 0.899. The van der Waals surface area contributed by atoms with E-state index in [-0.39, 0.29) is 27.2 Å². The Bertz CT molecular complexity index is 702. The molecule has 0 aliphatic rings. The molecule has 1 amide bonds. The fraction of sp³-hybridized carbons (Fsp3) is 0. The summed E-state index contributed by atoms with van der Waals surface area (Å²) in [5, 5.41) is 12.7. The fourth-order valence-electron chi connectivity index (χ4n) is 1.70. The SMILES string of the molecule is [B]c1ccc(-c2csc(NC=O)c2C(=O)O)c(F)c1F. The van der Waals surface area contributed by atoms with Crippen LogP contribution in [0.3, 0.4) is 0 Å². The van der Waals surface area contributed by atoms with Crippen molar-refractivity contribution < 1.29 is 23.5 Å². The maximum atomic E-state index is 13.9. The Labute approximate surface area is 117 Å². The quantitative estimate of drug-likeness (QED) is 0.666. The normalized spacial score (nSPS) is 10.3. The first-order valence-electron chi connectivity index (χ1n) is 5.26. The van der Waals surface area contributed by atoms with Gasteiger partial charge in [-0.05, 0) is 0 Å². The Morgan fingerprint density at radius 3 is 2.60 bits per heavy atom. The fourth-order valence-corrected chi connectivity index (χ4v) is 2.61. The lowest BCUT2D eigenvalue weighted by Gasteiger charge is -2.07. The third-order valence-electron chi connectivity index (χ3n) is 2.60. The number of anilines is 1. The molecular formula is C12H6BF2NO3S. The molecule has 4 nitrogen and oxygen atoms in total. The molecule has 2 N–H and O–H groups in total. The largest absolute Gasteiger partial charge is 0.478 e. The summed E-state index contributed by atoms with van der Waals surface area (Å²) in [5.74, 6) is -3.83. The lowest BCUT2D eigenvalue weighted by atomic mass is 9.92. The van der Waals surface area contributed by atoms with Crippen molar-refractivity contribution in [2.24, 2.45) is 0 Å². The average Bonchev–Trinajstić information content (AvgIpc) is 2.80. The van der Waals surface area contributed by atoms with E-state index in [1.807, 2.05) is 0 Å². The van der Waals surface area contributed by atoms with Crippen LogP contribution >= 0.6 is 11.3 Å². The molecule has 8 heteroatoms. The average molecular weight is 293 g/mol. The number of hydrogen-bond acceptors (Lipinski definition) is 3. The first kappa shape index (κ1) is 14.2. The number of thiophene rings is 1. The van der Waals surface area contributed by atoms with E-state index in [9.17, 15) is 18.4 Å². The highest BCUT2D eigenvalue weighted by Crippen LogP contribution is 2.36. The van der Waals surface area contributed by atoms with Crippen LogP contribution in [0.5, 0.6) is 0 Å². The van der Waals surface area contributed by atoms with E-state index in [0.717, 1.165) is 17.4 Å². The van der Waals surface area contributed by atoms with Crippen LogP contribution in [0, 0.1) is 11.6 Å². The Kier molecular flexibility index (Phi) is 3.85. The third-order valence-corrected chi connectivity index (χ3v) is 3.51. The summed E-state index contributed by atoms with van der Waals surface area (Å²) < 4.78 is 27.3. The van der Waals surface area contributed by atoms with Gasteiger partial charge in [-0.25, -0.2) is 13.6 Å². The van der Waals surface area contributed by atoms with E-state index in [0.29, 0.717) is 6.41 Å². The molecule has 20 heavy (non-hydrogen) atoms. The molecule has 0 aliphatic heterocycles. The maximum Gasteiger partial charge on any atom is 0.339 e. The van der Waals surface area contributed by atoms with E-state index < -0.39 is 17.6 Å². The third kappa shape index (κ3) is 2.29. The van der Waals surface area contributed by atoms with Crippen molar-refractivity contribution in [3.05, 3.63) is 34.7 Å². The molecule has 1 aromatic carbocycles. The molecule has 0 unspecified atom stereocenters. The van der Waals surface area contributed by atoms with Crippen molar-refractivity contribution in [2.75, 3.05) is 5.32 Å². The molecule has 0 atom stereocenters. The van der Waals surface area contributed by atoms with E-state index in [1.54, 1.807) is 0 Å². The van der Waals surface area contributed by atoms with Crippen molar-refractivity contribution in [1.82, 2.24) is 0 Å². The number of nitrogens with one attached hydrogen (secondary N) is 1. The number of amides is 1. The summed E-state index contributed by atoms with van der Waals surface area (Å²) in [6.45, 7) is 0. The molecule has 0 bridgehead atoms. The number of aromatic carboxylic acids is 1. The number of benzene rings is 1. The molecule has 1 heterocycles. The van der Waals surface area contributed by atoms with Gasteiger partial charge < -0.3 is 10.4 Å². The van der Waals surface area contributed by atoms with Crippen LogP contribution in [0.1, 0.15) is 10.4 Å². The zero-order valence-electron chi connectivity index (χ0n) is 9.81. The first-order valence-corrected chi connectivity index (χ1v) is 6.14. The molecule has 2 radical (unpaired) electrons. The summed E-state index contributed by atoms with van der Waals surface area (Å²) in [7, 11) is 5.23. The minimum atomic E-state index is -1.36. The van der Waals surface area contributed by atoms with E-state index in [4.69, 9.17) is 13.0 Å². The van der Waals surface area contributed by atoms with Gasteiger partial charge in [-0.15, -0.1) is 11.3 Å². The van der Waals surface area contributed by atoms with Gasteiger partial charge in [-0.3, -0.25) is 4.79 Å². The number of carbonyl (C=O) groups is 2. The highest BCUT2D eigenvalue weighted by Gasteiger charge is 2.23. The first-order chi connectivity index (χ1) is 9.47. The van der Waals surface area contributed by atoms with Gasteiger partial charge in [0.25, 0.3) is 0 Å². The van der Waals surface area contributed by atoms with Crippen molar-refractivity contribution in [3.63, 3.8) is 0 Å². The van der Waals surface area contributed by atoms with Gasteiger partial charge in [0, 0.05) is 16.5 Å². The molecular weight excluding hydrogens is 287 g/mol. The Balaban J connectivity index is 2.67. The molecule has 0 saturated heterocycles. The number of rotatable bonds is 4. The van der Waals surface area contributed by atoms with Crippen LogP contribution in [-0.4, -0.2) is 25.3 Å². The highest BCUT2D eigenvalue weighted by molar-refractivity contribution is 7.15. The van der Waals surface area contributed by atoms with Gasteiger partial charge in [-0.1, -0.05) is 17.6 Å². The van der Waals surface area contributed by atoms with Gasteiger partial charge >= 0.3 is 5.97 Å². The molecule has 2 rings (SSSR count). The number of hydrogen-bond donors (Lipinski definition) is 2. The predicted molar refractivity (Wildman–Crippen MR) is 71.7 cm³/mol. The van der Waals surface area contributed by atoms with Crippen molar-refractivity contribution >= 4 is 42.0 Å². The number of carboxylic acid groups (broad SMARTS) is 1. The monoisotopic (exact) mass is 293 g/mol. The number of carboxylic acids is 1. The zero-order valence-corrected chi connectivity index (χ0v) is 10.6. The second kappa shape index (κ2) is 5.42. The van der Waals surface area contributed by atoms with E-state index in [2.05, 4.69) is 5.32 Å². The van der Waals surface area contributed by atoms with Crippen molar-refractivity contribution in [1.29, 1.82) is 0 Å². The van der Waals surface area contributed by atoms with Crippen molar-refractivity contribution in [2.45, 2.75) is 0 Å². The van der Waals surface area contributed by atoms with Gasteiger partial charge in [0.05, 0.1) is 0 Å². The van der Waals surface area contributed by atoms with E-state index in [1.165, 1.54) is 11.4 Å². The van der Waals surface area contributed by atoms with Crippen LogP contribution in [0.15, 0.2) is 17.5 Å². The van der Waals surface area contributed by atoms with Gasteiger partial charge in [0.1, 0.15) is 18.4 Å². The molecule has 100 valence electrons. The smallest absolute Gasteiger partial charge is 0.339 e. The molecule has 2 aromatic rings. The van der Waals surface area contributed by atoms with E-state index >= 15 is 0 Å². The molecule has 0 spiro atoms. The van der Waals surface area contributed by atoms with Gasteiger partial charge in [-0.2, -0.15) is 0 Å². The summed E-state index contributed by atoms with van der Waals surface area (Å²) in [6.07, 6.45) is 0.308. The van der Waals surface area contributed by atoms with Crippen molar-refractivity contribution in [3.8, 4) is 11.1 Å². The topological polar surface area (TPSA) is 66.4 Å². The highest BCUT2D eigenvalue weighted by atomic mass is 32.1. The lowest BCUT2D eigenvalue weighted by Crippen LogP contribution is -2.11. The minimum Gasteiger partial charge on any atom is -0.478 e. The Hall–Kier alpha value is -2.22. The van der Waals surface area contributed by atoms with Crippen LogP contribution in [0.2, 0.25) is 0 Å². The molecule has 1 aromatic heterocycles.